The molecule has 0 aromatic heterocycles. The highest BCUT2D eigenvalue weighted by Crippen LogP contribution is 2.11. The third-order valence-electron chi connectivity index (χ3n) is 8.13. The SMILES string of the molecule is CNCCCCC(C)NC(=O)CCCCCCCCC(=O)CC(=O)OCCCCCCOC(=O)NC(=O)CCCCCCCCC(C)=O. The zero-order valence-corrected chi connectivity index (χ0v) is 30.4. The van der Waals surface area contributed by atoms with Gasteiger partial charge in [-0.2, -0.15) is 0 Å². The third kappa shape index (κ3) is 33.1. The Morgan fingerprint density at radius 1 is 0.562 bits per heavy atom. The van der Waals surface area contributed by atoms with Crippen LogP contribution < -0.4 is 16.0 Å². The van der Waals surface area contributed by atoms with Gasteiger partial charge in [0.05, 0.1) is 13.2 Å². The molecule has 0 radical (unpaired) electrons. The molecule has 11 heteroatoms. The smallest absolute Gasteiger partial charge is 0.413 e. The normalized spacial score (nSPS) is 11.5. The molecule has 0 saturated heterocycles. The van der Waals surface area contributed by atoms with Gasteiger partial charge in [-0.1, -0.05) is 57.8 Å². The second kappa shape index (κ2) is 32.7. The summed E-state index contributed by atoms with van der Waals surface area (Å²) in [6, 6.07) is 0.218. The molecule has 0 aromatic rings. The van der Waals surface area contributed by atoms with Crippen molar-refractivity contribution < 1.29 is 38.2 Å². The van der Waals surface area contributed by atoms with E-state index in [9.17, 15) is 28.8 Å². The van der Waals surface area contributed by atoms with Gasteiger partial charge in [-0.25, -0.2) is 4.79 Å². The van der Waals surface area contributed by atoms with Gasteiger partial charge in [-0.05, 0) is 91.6 Å². The highest BCUT2D eigenvalue weighted by Gasteiger charge is 2.11. The molecule has 1 unspecified atom stereocenters. The molecule has 0 rings (SSSR count). The number of nitrogens with one attached hydrogen (secondary N) is 3. The highest BCUT2D eigenvalue weighted by molar-refractivity contribution is 5.95. The summed E-state index contributed by atoms with van der Waals surface area (Å²) >= 11 is 0. The lowest BCUT2D eigenvalue weighted by Crippen LogP contribution is -2.32. The summed E-state index contributed by atoms with van der Waals surface area (Å²) in [6.07, 6.45) is 18.3. The van der Waals surface area contributed by atoms with Crippen molar-refractivity contribution in [1.82, 2.24) is 16.0 Å². The summed E-state index contributed by atoms with van der Waals surface area (Å²) in [4.78, 5) is 70.6. The number of alkyl carbamates (subject to hydrolysis) is 1. The van der Waals surface area contributed by atoms with Gasteiger partial charge in [0.15, 0.2) is 0 Å². The van der Waals surface area contributed by atoms with Gasteiger partial charge in [0, 0.05) is 31.7 Å². The van der Waals surface area contributed by atoms with Crippen LogP contribution in [-0.2, 0) is 33.4 Å². The molecular formula is C37H67N3O8. The third-order valence-corrected chi connectivity index (χ3v) is 8.13. The van der Waals surface area contributed by atoms with Crippen LogP contribution in [0.1, 0.15) is 168 Å². The van der Waals surface area contributed by atoms with E-state index in [1.54, 1.807) is 6.92 Å². The van der Waals surface area contributed by atoms with Crippen LogP contribution in [-0.4, -0.2) is 68.3 Å². The molecule has 0 aliphatic rings. The first-order valence-electron chi connectivity index (χ1n) is 18.7. The minimum atomic E-state index is -0.726. The lowest BCUT2D eigenvalue weighted by Gasteiger charge is -2.13. The first-order valence-corrected chi connectivity index (χ1v) is 18.7. The quantitative estimate of drug-likeness (QED) is 0.0376. The van der Waals surface area contributed by atoms with Gasteiger partial charge in [0.2, 0.25) is 11.8 Å². The lowest BCUT2D eigenvalue weighted by molar-refractivity contribution is -0.146. The summed E-state index contributed by atoms with van der Waals surface area (Å²) < 4.78 is 10.2. The summed E-state index contributed by atoms with van der Waals surface area (Å²) in [5.74, 6) is -0.566. The number of unbranched alkanes of at least 4 members (excludes halogenated alkanes) is 14. The molecule has 0 saturated carbocycles. The maximum atomic E-state index is 12.1. The number of Topliss-reactive ketones (excluding diaryl/α,β-unsaturated/α-hetero) is 2. The van der Waals surface area contributed by atoms with Crippen molar-refractivity contribution >= 4 is 35.4 Å². The minimum Gasteiger partial charge on any atom is -0.465 e. The van der Waals surface area contributed by atoms with Gasteiger partial charge in [-0.15, -0.1) is 0 Å². The topological polar surface area (TPSA) is 157 Å². The first-order chi connectivity index (χ1) is 23.1. The fourth-order valence-corrected chi connectivity index (χ4v) is 5.27. The zero-order chi connectivity index (χ0) is 35.7. The predicted octanol–water partition coefficient (Wildman–Crippen LogP) is 7.03. The maximum absolute atomic E-state index is 12.1. The minimum absolute atomic E-state index is 0.0943. The van der Waals surface area contributed by atoms with E-state index in [0.29, 0.717) is 38.5 Å². The molecule has 11 nitrogen and oxygen atoms in total. The Morgan fingerprint density at radius 2 is 1.06 bits per heavy atom. The molecule has 0 bridgehead atoms. The van der Waals surface area contributed by atoms with Crippen molar-refractivity contribution in [2.75, 3.05) is 26.8 Å². The van der Waals surface area contributed by atoms with Crippen LogP contribution in [0.4, 0.5) is 4.79 Å². The molecule has 3 amide bonds. The average Bonchev–Trinajstić information content (AvgIpc) is 3.02. The van der Waals surface area contributed by atoms with Gasteiger partial charge < -0.3 is 24.9 Å². The highest BCUT2D eigenvalue weighted by atomic mass is 16.5. The van der Waals surface area contributed by atoms with Gasteiger partial charge >= 0.3 is 12.1 Å². The second-order valence-electron chi connectivity index (χ2n) is 13.0. The van der Waals surface area contributed by atoms with E-state index >= 15 is 0 Å². The maximum Gasteiger partial charge on any atom is 0.413 e. The van der Waals surface area contributed by atoms with Gasteiger partial charge in [0.25, 0.3) is 0 Å². The molecule has 0 heterocycles. The molecule has 3 N–H and O–H groups in total. The van der Waals surface area contributed by atoms with Crippen LogP contribution in [0.2, 0.25) is 0 Å². The van der Waals surface area contributed by atoms with Gasteiger partial charge in [-0.3, -0.25) is 24.5 Å². The van der Waals surface area contributed by atoms with Crippen LogP contribution >= 0.6 is 0 Å². The molecule has 0 spiro atoms. The van der Waals surface area contributed by atoms with E-state index in [1.165, 1.54) is 0 Å². The van der Waals surface area contributed by atoms with E-state index in [1.807, 2.05) is 7.05 Å². The fourth-order valence-electron chi connectivity index (χ4n) is 5.27. The number of imide groups is 1. The van der Waals surface area contributed by atoms with E-state index in [0.717, 1.165) is 109 Å². The molecular weight excluding hydrogens is 614 g/mol. The number of esters is 1. The average molecular weight is 682 g/mol. The number of amides is 3. The number of ketones is 2. The molecule has 0 aliphatic carbocycles. The fraction of sp³-hybridized carbons (Fsp3) is 0.838. The number of ether oxygens (including phenoxy) is 2. The second-order valence-corrected chi connectivity index (χ2v) is 13.0. The van der Waals surface area contributed by atoms with Crippen molar-refractivity contribution in [3.05, 3.63) is 0 Å². The largest absolute Gasteiger partial charge is 0.465 e. The van der Waals surface area contributed by atoms with Crippen molar-refractivity contribution in [3.63, 3.8) is 0 Å². The number of rotatable bonds is 33. The first kappa shape index (κ1) is 45.2. The standard InChI is InChI=1S/C37H67N3O8/c1-31(22-18-19-27-38-3)39-34(43)25-16-10-7-5-9-15-24-33(42)30-36(45)47-28-20-12-13-21-29-48-37(46)40-35(44)26-17-11-6-4-8-14-23-32(2)41/h31,38H,4-30H2,1-3H3,(H,39,43)(H,40,44,46). The summed E-state index contributed by atoms with van der Waals surface area (Å²) in [5, 5.41) is 8.46. The molecule has 0 aliphatic heterocycles. The number of hydrogen-bond acceptors (Lipinski definition) is 9. The van der Waals surface area contributed by atoms with Gasteiger partial charge in [0.1, 0.15) is 18.0 Å². The molecule has 0 aromatic carbocycles. The van der Waals surface area contributed by atoms with Crippen LogP contribution in [0.3, 0.4) is 0 Å². The monoisotopic (exact) mass is 681 g/mol. The Kier molecular flexibility index (Phi) is 30.8. The Balaban J connectivity index is 3.55. The molecule has 278 valence electrons. The Hall–Kier alpha value is -2.82. The van der Waals surface area contributed by atoms with Crippen molar-refractivity contribution in [2.24, 2.45) is 0 Å². The van der Waals surface area contributed by atoms with E-state index in [-0.39, 0.29) is 55.5 Å². The van der Waals surface area contributed by atoms with E-state index in [2.05, 4.69) is 22.9 Å². The molecule has 0 fully saturated rings. The van der Waals surface area contributed by atoms with Crippen LogP contribution in [0.25, 0.3) is 0 Å². The Labute approximate surface area is 290 Å². The molecule has 1 atom stereocenters. The van der Waals surface area contributed by atoms with Crippen molar-refractivity contribution in [3.8, 4) is 0 Å². The van der Waals surface area contributed by atoms with E-state index in [4.69, 9.17) is 9.47 Å². The Bertz CT molecular complexity index is 896. The van der Waals surface area contributed by atoms with E-state index < -0.39 is 12.1 Å². The Morgan fingerprint density at radius 3 is 1.65 bits per heavy atom. The van der Waals surface area contributed by atoms with Crippen LogP contribution in [0.5, 0.6) is 0 Å². The number of hydrogen-bond donors (Lipinski definition) is 3. The lowest BCUT2D eigenvalue weighted by atomic mass is 10.1. The molecule has 48 heavy (non-hydrogen) atoms. The van der Waals surface area contributed by atoms with Crippen molar-refractivity contribution in [1.29, 1.82) is 0 Å². The van der Waals surface area contributed by atoms with Crippen molar-refractivity contribution in [2.45, 2.75) is 174 Å². The van der Waals surface area contributed by atoms with Crippen LogP contribution in [0.15, 0.2) is 0 Å². The summed E-state index contributed by atoms with van der Waals surface area (Å²) in [5.41, 5.74) is 0. The predicted molar refractivity (Wildman–Crippen MR) is 188 cm³/mol. The summed E-state index contributed by atoms with van der Waals surface area (Å²) in [6.45, 7) is 5.14. The summed E-state index contributed by atoms with van der Waals surface area (Å²) in [7, 11) is 1.95. The number of carbonyl (C=O) groups is 6. The van der Waals surface area contributed by atoms with Crippen LogP contribution in [0, 0.1) is 0 Å². The number of carbonyl (C=O) groups excluding carboxylic acids is 6. The zero-order valence-electron chi connectivity index (χ0n) is 30.4.